The van der Waals surface area contributed by atoms with Crippen molar-refractivity contribution in [3.8, 4) is 5.75 Å². The number of fused-ring (bicyclic) bond motifs is 1. The third kappa shape index (κ3) is 3.46. The maximum atomic E-state index is 12.2. The molecule has 130 valence electrons. The number of methoxy groups -OCH3 is 1. The van der Waals surface area contributed by atoms with Gasteiger partial charge in [-0.2, -0.15) is 0 Å². The van der Waals surface area contributed by atoms with Gasteiger partial charge >= 0.3 is 0 Å². The summed E-state index contributed by atoms with van der Waals surface area (Å²) in [7, 11) is 1.64. The largest absolute Gasteiger partial charge is 0.496 e. The first-order valence-corrected chi connectivity index (χ1v) is 8.93. The zero-order valence-corrected chi connectivity index (χ0v) is 15.6. The summed E-state index contributed by atoms with van der Waals surface area (Å²) in [5.41, 5.74) is 4.59. The standard InChI is InChI=1S/C20H21NO3S/c1-12(8-18(22)21-10-15-6-5-7-25-15)16-9-17-13(2)11-24-20(17)14(3)19(16)23-4/h5-9,11H,10H2,1-4H3,(H,21,22)/b12-8+. The molecule has 0 aliphatic rings. The zero-order chi connectivity index (χ0) is 18.0. The van der Waals surface area contributed by atoms with Crippen LogP contribution in [0.25, 0.3) is 16.5 Å². The Kier molecular flexibility index (Phi) is 4.95. The van der Waals surface area contributed by atoms with Crippen LogP contribution in [0.4, 0.5) is 0 Å². The Morgan fingerprint density at radius 3 is 2.88 bits per heavy atom. The van der Waals surface area contributed by atoms with Crippen molar-refractivity contribution in [2.75, 3.05) is 7.11 Å². The second kappa shape index (κ2) is 7.15. The van der Waals surface area contributed by atoms with E-state index in [1.807, 2.05) is 44.4 Å². The Balaban J connectivity index is 1.91. The van der Waals surface area contributed by atoms with E-state index in [9.17, 15) is 4.79 Å². The number of rotatable bonds is 5. The molecule has 3 rings (SSSR count). The lowest BCUT2D eigenvalue weighted by atomic mass is 9.98. The highest BCUT2D eigenvalue weighted by Crippen LogP contribution is 2.37. The molecule has 1 N–H and O–H groups in total. The summed E-state index contributed by atoms with van der Waals surface area (Å²) < 4.78 is 11.2. The van der Waals surface area contributed by atoms with Crippen LogP contribution < -0.4 is 10.1 Å². The van der Waals surface area contributed by atoms with Gasteiger partial charge in [0.2, 0.25) is 5.91 Å². The van der Waals surface area contributed by atoms with Crippen LogP contribution in [0.1, 0.15) is 28.5 Å². The highest BCUT2D eigenvalue weighted by Gasteiger charge is 2.16. The van der Waals surface area contributed by atoms with E-state index < -0.39 is 0 Å². The van der Waals surface area contributed by atoms with Crippen LogP contribution in [0.5, 0.6) is 5.75 Å². The number of amides is 1. The van der Waals surface area contributed by atoms with Crippen molar-refractivity contribution in [1.29, 1.82) is 0 Å². The maximum Gasteiger partial charge on any atom is 0.244 e. The number of hydrogen-bond donors (Lipinski definition) is 1. The second-order valence-corrected chi connectivity index (χ2v) is 7.03. The van der Waals surface area contributed by atoms with E-state index in [4.69, 9.17) is 9.15 Å². The monoisotopic (exact) mass is 355 g/mol. The Bertz CT molecular complexity index is 936. The van der Waals surface area contributed by atoms with Crippen LogP contribution >= 0.6 is 11.3 Å². The van der Waals surface area contributed by atoms with Crippen molar-refractivity contribution in [3.63, 3.8) is 0 Å². The van der Waals surface area contributed by atoms with Gasteiger partial charge in [0, 0.05) is 27.5 Å². The third-order valence-electron chi connectivity index (χ3n) is 4.23. The molecule has 0 aliphatic heterocycles. The van der Waals surface area contributed by atoms with Crippen LogP contribution in [0.2, 0.25) is 0 Å². The average Bonchev–Trinajstić information content (AvgIpc) is 3.23. The van der Waals surface area contributed by atoms with Gasteiger partial charge in [-0.05, 0) is 49.4 Å². The summed E-state index contributed by atoms with van der Waals surface area (Å²) in [5, 5.41) is 5.96. The lowest BCUT2D eigenvalue weighted by Crippen LogP contribution is -2.20. The van der Waals surface area contributed by atoms with E-state index >= 15 is 0 Å². The van der Waals surface area contributed by atoms with Crippen molar-refractivity contribution in [1.82, 2.24) is 5.32 Å². The highest BCUT2D eigenvalue weighted by atomic mass is 32.1. The summed E-state index contributed by atoms with van der Waals surface area (Å²) in [6, 6.07) is 6.01. The number of aryl methyl sites for hydroxylation is 2. The first-order chi connectivity index (χ1) is 12.0. The molecule has 25 heavy (non-hydrogen) atoms. The van der Waals surface area contributed by atoms with E-state index in [1.165, 1.54) is 0 Å². The number of furan rings is 1. The molecule has 2 aromatic heterocycles. The Morgan fingerprint density at radius 2 is 2.20 bits per heavy atom. The van der Waals surface area contributed by atoms with Gasteiger partial charge in [0.25, 0.3) is 0 Å². The van der Waals surface area contributed by atoms with Crippen molar-refractivity contribution < 1.29 is 13.9 Å². The molecule has 0 fully saturated rings. The minimum absolute atomic E-state index is 0.116. The predicted molar refractivity (Wildman–Crippen MR) is 102 cm³/mol. The average molecular weight is 355 g/mol. The molecule has 4 nitrogen and oxygen atoms in total. The molecule has 0 bridgehead atoms. The van der Waals surface area contributed by atoms with E-state index in [1.54, 1.807) is 30.8 Å². The molecule has 5 heteroatoms. The molecule has 1 aromatic carbocycles. The quantitative estimate of drug-likeness (QED) is 0.666. The van der Waals surface area contributed by atoms with Crippen LogP contribution in [-0.2, 0) is 11.3 Å². The molecule has 0 atom stereocenters. The van der Waals surface area contributed by atoms with Crippen molar-refractivity contribution in [2.24, 2.45) is 0 Å². The smallest absolute Gasteiger partial charge is 0.244 e. The normalized spacial score (nSPS) is 11.8. The summed E-state index contributed by atoms with van der Waals surface area (Å²) in [6.07, 6.45) is 3.36. The number of thiophene rings is 1. The first-order valence-electron chi connectivity index (χ1n) is 8.05. The van der Waals surface area contributed by atoms with Crippen molar-refractivity contribution in [2.45, 2.75) is 27.3 Å². The number of allylic oxidation sites excluding steroid dienone is 1. The van der Waals surface area contributed by atoms with E-state index in [0.717, 1.165) is 43.9 Å². The lowest BCUT2D eigenvalue weighted by molar-refractivity contribution is -0.116. The minimum Gasteiger partial charge on any atom is -0.496 e. The highest BCUT2D eigenvalue weighted by molar-refractivity contribution is 7.09. The van der Waals surface area contributed by atoms with Gasteiger partial charge in [-0.1, -0.05) is 6.07 Å². The summed E-state index contributed by atoms with van der Waals surface area (Å²) in [5.74, 6) is 0.622. The fourth-order valence-electron chi connectivity index (χ4n) is 2.91. The minimum atomic E-state index is -0.116. The second-order valence-electron chi connectivity index (χ2n) is 6.00. The van der Waals surface area contributed by atoms with Gasteiger partial charge in [-0.3, -0.25) is 4.79 Å². The molecule has 1 amide bonds. The first kappa shape index (κ1) is 17.3. The summed E-state index contributed by atoms with van der Waals surface area (Å²) >= 11 is 1.63. The van der Waals surface area contributed by atoms with Gasteiger partial charge in [0.05, 0.1) is 19.9 Å². The van der Waals surface area contributed by atoms with Gasteiger partial charge in [-0.25, -0.2) is 0 Å². The Labute approximate surface area is 151 Å². The van der Waals surface area contributed by atoms with Gasteiger partial charge in [0.1, 0.15) is 11.3 Å². The number of ether oxygens (including phenoxy) is 1. The number of benzene rings is 1. The van der Waals surface area contributed by atoms with Crippen molar-refractivity contribution >= 4 is 33.8 Å². The molecule has 2 heterocycles. The molecule has 0 spiro atoms. The molecular weight excluding hydrogens is 334 g/mol. The summed E-state index contributed by atoms with van der Waals surface area (Å²) in [6.45, 7) is 6.44. The molecule has 3 aromatic rings. The topological polar surface area (TPSA) is 51.5 Å². The number of nitrogens with one attached hydrogen (secondary N) is 1. The molecule has 0 saturated carbocycles. The number of carbonyl (C=O) groups is 1. The van der Waals surface area contributed by atoms with E-state index in [0.29, 0.717) is 6.54 Å². The Morgan fingerprint density at radius 1 is 1.40 bits per heavy atom. The van der Waals surface area contributed by atoms with Gasteiger partial charge in [0.15, 0.2) is 0 Å². The third-order valence-corrected chi connectivity index (χ3v) is 5.11. The molecule has 0 saturated heterocycles. The lowest BCUT2D eigenvalue weighted by Gasteiger charge is -2.13. The number of carbonyl (C=O) groups excluding carboxylic acids is 1. The van der Waals surface area contributed by atoms with Gasteiger partial charge in [-0.15, -0.1) is 11.3 Å². The molecule has 0 unspecified atom stereocenters. The van der Waals surface area contributed by atoms with Crippen LogP contribution in [-0.4, -0.2) is 13.0 Å². The molecule has 0 radical (unpaired) electrons. The van der Waals surface area contributed by atoms with E-state index in [2.05, 4.69) is 5.32 Å². The van der Waals surface area contributed by atoms with Crippen LogP contribution in [0.15, 0.2) is 40.3 Å². The van der Waals surface area contributed by atoms with Gasteiger partial charge < -0.3 is 14.5 Å². The predicted octanol–water partition coefficient (Wildman–Crippen LogP) is 4.84. The SMILES string of the molecule is COc1c(/C(C)=C/C(=O)NCc2cccs2)cc2c(C)coc2c1C. The fourth-order valence-corrected chi connectivity index (χ4v) is 3.55. The fraction of sp³-hybridized carbons (Fsp3) is 0.250. The Hall–Kier alpha value is -2.53. The molecular formula is C20H21NO3S. The van der Waals surface area contributed by atoms with Crippen LogP contribution in [0, 0.1) is 13.8 Å². The molecule has 0 aliphatic carbocycles. The maximum absolute atomic E-state index is 12.2. The van der Waals surface area contributed by atoms with Crippen molar-refractivity contribution in [3.05, 3.63) is 57.5 Å². The van der Waals surface area contributed by atoms with Crippen LogP contribution in [0.3, 0.4) is 0 Å². The van der Waals surface area contributed by atoms with E-state index in [-0.39, 0.29) is 5.91 Å². The number of hydrogen-bond acceptors (Lipinski definition) is 4. The summed E-state index contributed by atoms with van der Waals surface area (Å²) in [4.78, 5) is 13.4. The zero-order valence-electron chi connectivity index (χ0n) is 14.8.